The maximum absolute atomic E-state index is 12.7. The molecule has 0 aliphatic carbocycles. The number of aryl methyl sites for hydroxylation is 1. The van der Waals surface area contributed by atoms with Crippen molar-refractivity contribution in [1.82, 2.24) is 15.5 Å². The zero-order chi connectivity index (χ0) is 14.6. The smallest absolute Gasteiger partial charge is 0.320 e. The number of aromatic nitrogens is 2. The van der Waals surface area contributed by atoms with Gasteiger partial charge in [0.1, 0.15) is 10.0 Å². The number of benzene rings is 1. The second kappa shape index (κ2) is 6.32. The van der Waals surface area contributed by atoms with Crippen molar-refractivity contribution in [2.24, 2.45) is 0 Å². The van der Waals surface area contributed by atoms with E-state index in [1.807, 2.05) is 7.05 Å². The van der Waals surface area contributed by atoms with Crippen molar-refractivity contribution in [2.45, 2.75) is 19.0 Å². The predicted molar refractivity (Wildman–Crippen MR) is 72.6 cm³/mol. The van der Waals surface area contributed by atoms with E-state index in [0.717, 1.165) is 36.5 Å². The summed E-state index contributed by atoms with van der Waals surface area (Å²) in [6.07, 6.45) is -2.64. The summed E-state index contributed by atoms with van der Waals surface area (Å²) in [6, 6.07) is 5.17. The Balaban J connectivity index is 2.16. The minimum Gasteiger partial charge on any atom is -0.320 e. The largest absolute Gasteiger partial charge is 0.416 e. The monoisotopic (exact) mass is 301 g/mol. The molecule has 0 spiro atoms. The molecule has 1 aromatic carbocycles. The van der Waals surface area contributed by atoms with E-state index in [1.54, 1.807) is 6.07 Å². The topological polar surface area (TPSA) is 37.8 Å². The number of alkyl halides is 3. The fourth-order valence-corrected chi connectivity index (χ4v) is 2.59. The number of nitrogens with zero attached hydrogens (tertiary/aromatic N) is 2. The Kier molecular flexibility index (Phi) is 4.72. The van der Waals surface area contributed by atoms with Gasteiger partial charge in [-0.15, -0.1) is 10.2 Å². The Labute approximate surface area is 118 Å². The van der Waals surface area contributed by atoms with Gasteiger partial charge in [0.05, 0.1) is 5.56 Å². The molecule has 0 radical (unpaired) electrons. The van der Waals surface area contributed by atoms with E-state index in [1.165, 1.54) is 17.4 Å². The maximum Gasteiger partial charge on any atom is 0.416 e. The van der Waals surface area contributed by atoms with Crippen LogP contribution in [0.1, 0.15) is 17.0 Å². The molecular formula is C13H14F3N3S. The molecule has 1 N–H and O–H groups in total. The Morgan fingerprint density at radius 1 is 1.25 bits per heavy atom. The van der Waals surface area contributed by atoms with Gasteiger partial charge in [0.2, 0.25) is 0 Å². The van der Waals surface area contributed by atoms with E-state index in [2.05, 4.69) is 15.5 Å². The van der Waals surface area contributed by atoms with Gasteiger partial charge in [-0.25, -0.2) is 0 Å². The van der Waals surface area contributed by atoms with Crippen LogP contribution in [0.2, 0.25) is 0 Å². The van der Waals surface area contributed by atoms with Crippen molar-refractivity contribution in [3.63, 3.8) is 0 Å². The van der Waals surface area contributed by atoms with Crippen LogP contribution in [0, 0.1) is 0 Å². The SMILES string of the molecule is CNCCCc1nnc(-c2cccc(C(F)(F)F)c2)s1. The second-order valence-corrected chi connectivity index (χ2v) is 5.35. The van der Waals surface area contributed by atoms with Crippen LogP contribution in [0.15, 0.2) is 24.3 Å². The van der Waals surface area contributed by atoms with Crippen LogP contribution in [-0.4, -0.2) is 23.8 Å². The molecule has 0 atom stereocenters. The highest BCUT2D eigenvalue weighted by atomic mass is 32.1. The molecule has 2 aromatic rings. The molecule has 2 rings (SSSR count). The summed E-state index contributed by atoms with van der Waals surface area (Å²) in [7, 11) is 1.87. The van der Waals surface area contributed by atoms with Crippen molar-refractivity contribution in [1.29, 1.82) is 0 Å². The average Bonchev–Trinajstić information content (AvgIpc) is 2.87. The minimum atomic E-state index is -4.34. The summed E-state index contributed by atoms with van der Waals surface area (Å²) in [5.74, 6) is 0. The van der Waals surface area contributed by atoms with Gasteiger partial charge in [0, 0.05) is 12.0 Å². The van der Waals surface area contributed by atoms with E-state index < -0.39 is 11.7 Å². The quantitative estimate of drug-likeness (QED) is 0.860. The van der Waals surface area contributed by atoms with Crippen molar-refractivity contribution in [3.8, 4) is 10.6 Å². The molecule has 0 aliphatic heterocycles. The first-order chi connectivity index (χ1) is 9.50. The van der Waals surface area contributed by atoms with Crippen LogP contribution in [0.4, 0.5) is 13.2 Å². The lowest BCUT2D eigenvalue weighted by molar-refractivity contribution is -0.137. The fourth-order valence-electron chi connectivity index (χ4n) is 1.72. The van der Waals surface area contributed by atoms with Gasteiger partial charge in [-0.2, -0.15) is 13.2 Å². The lowest BCUT2D eigenvalue weighted by Crippen LogP contribution is -2.08. The van der Waals surface area contributed by atoms with Gasteiger partial charge in [-0.3, -0.25) is 0 Å². The van der Waals surface area contributed by atoms with Gasteiger partial charge in [0.15, 0.2) is 0 Å². The van der Waals surface area contributed by atoms with Crippen LogP contribution in [0.5, 0.6) is 0 Å². The van der Waals surface area contributed by atoms with Crippen molar-refractivity contribution in [3.05, 3.63) is 34.8 Å². The summed E-state index contributed by atoms with van der Waals surface area (Å²) in [4.78, 5) is 0. The number of nitrogens with one attached hydrogen (secondary N) is 1. The molecule has 0 amide bonds. The molecule has 0 fully saturated rings. The summed E-state index contributed by atoms with van der Waals surface area (Å²) in [5.41, 5.74) is -0.209. The first-order valence-electron chi connectivity index (χ1n) is 6.15. The summed E-state index contributed by atoms with van der Waals surface area (Å²) in [6.45, 7) is 0.873. The third-order valence-corrected chi connectivity index (χ3v) is 3.75. The van der Waals surface area contributed by atoms with Crippen molar-refractivity contribution < 1.29 is 13.2 Å². The van der Waals surface area contributed by atoms with Gasteiger partial charge in [-0.1, -0.05) is 23.5 Å². The zero-order valence-corrected chi connectivity index (χ0v) is 11.7. The van der Waals surface area contributed by atoms with Gasteiger partial charge >= 0.3 is 6.18 Å². The summed E-state index contributed by atoms with van der Waals surface area (Å²) in [5, 5.41) is 12.4. The highest BCUT2D eigenvalue weighted by Crippen LogP contribution is 2.33. The van der Waals surface area contributed by atoms with E-state index in [-0.39, 0.29) is 0 Å². The van der Waals surface area contributed by atoms with Crippen LogP contribution in [-0.2, 0) is 12.6 Å². The predicted octanol–water partition coefficient (Wildman–Crippen LogP) is 3.38. The molecule has 1 aromatic heterocycles. The molecule has 20 heavy (non-hydrogen) atoms. The van der Waals surface area contributed by atoms with Crippen LogP contribution in [0.3, 0.4) is 0 Å². The molecule has 0 aliphatic rings. The van der Waals surface area contributed by atoms with E-state index in [0.29, 0.717) is 10.6 Å². The molecule has 0 bridgehead atoms. The van der Waals surface area contributed by atoms with Crippen molar-refractivity contribution >= 4 is 11.3 Å². The van der Waals surface area contributed by atoms with E-state index in [4.69, 9.17) is 0 Å². The number of hydrogen-bond donors (Lipinski definition) is 1. The van der Waals surface area contributed by atoms with Crippen LogP contribution < -0.4 is 5.32 Å². The van der Waals surface area contributed by atoms with Crippen molar-refractivity contribution in [2.75, 3.05) is 13.6 Å². The fraction of sp³-hybridized carbons (Fsp3) is 0.385. The standard InChI is InChI=1S/C13H14F3N3S/c1-17-7-3-6-11-18-19-12(20-11)9-4-2-5-10(8-9)13(14,15)16/h2,4-5,8,17H,3,6-7H2,1H3. The van der Waals surface area contributed by atoms with Crippen LogP contribution >= 0.6 is 11.3 Å². The molecule has 7 heteroatoms. The maximum atomic E-state index is 12.7. The highest BCUT2D eigenvalue weighted by Gasteiger charge is 2.30. The molecular weight excluding hydrogens is 287 g/mol. The number of halogens is 3. The average molecular weight is 301 g/mol. The van der Waals surface area contributed by atoms with Crippen LogP contribution in [0.25, 0.3) is 10.6 Å². The Morgan fingerprint density at radius 3 is 2.75 bits per heavy atom. The molecule has 0 unspecified atom stereocenters. The normalized spacial score (nSPS) is 11.8. The molecule has 3 nitrogen and oxygen atoms in total. The molecule has 0 saturated carbocycles. The zero-order valence-electron chi connectivity index (χ0n) is 10.9. The van der Waals surface area contributed by atoms with Gasteiger partial charge in [-0.05, 0) is 32.1 Å². The molecule has 108 valence electrons. The summed E-state index contributed by atoms with van der Waals surface area (Å²) < 4.78 is 38.0. The summed E-state index contributed by atoms with van der Waals surface area (Å²) >= 11 is 1.34. The van der Waals surface area contributed by atoms with Gasteiger partial charge in [0.25, 0.3) is 0 Å². The third kappa shape index (κ3) is 3.77. The number of rotatable bonds is 5. The second-order valence-electron chi connectivity index (χ2n) is 4.29. The molecule has 0 saturated heterocycles. The number of hydrogen-bond acceptors (Lipinski definition) is 4. The van der Waals surface area contributed by atoms with E-state index >= 15 is 0 Å². The van der Waals surface area contributed by atoms with E-state index in [9.17, 15) is 13.2 Å². The Hall–Kier alpha value is -1.47. The van der Waals surface area contributed by atoms with Gasteiger partial charge < -0.3 is 5.32 Å². The first-order valence-corrected chi connectivity index (χ1v) is 6.97. The lowest BCUT2D eigenvalue weighted by atomic mass is 10.1. The lowest BCUT2D eigenvalue weighted by Gasteiger charge is -2.06. The minimum absolute atomic E-state index is 0.456. The highest BCUT2D eigenvalue weighted by molar-refractivity contribution is 7.14. The Morgan fingerprint density at radius 2 is 2.05 bits per heavy atom. The first kappa shape index (κ1) is 14.9. The Bertz CT molecular complexity index is 566. The molecule has 1 heterocycles. The third-order valence-electron chi connectivity index (χ3n) is 2.72.